The molecule has 1 atom stereocenters. The third kappa shape index (κ3) is 12.1. The first-order valence-corrected chi connectivity index (χ1v) is 6.55. The molecule has 4 nitrogen and oxygen atoms in total. The molecule has 4 heteroatoms. The molecule has 0 aromatic rings. The van der Waals surface area contributed by atoms with E-state index in [2.05, 4.69) is 13.8 Å². The summed E-state index contributed by atoms with van der Waals surface area (Å²) in [7, 11) is 1.67. The molecule has 0 aromatic heterocycles. The molecule has 0 aliphatic heterocycles. The van der Waals surface area contributed by atoms with Crippen molar-refractivity contribution in [1.82, 2.24) is 0 Å². The second-order valence-electron chi connectivity index (χ2n) is 4.74. The maximum atomic E-state index is 5.72. The van der Waals surface area contributed by atoms with Crippen molar-refractivity contribution in [2.75, 3.05) is 46.7 Å². The number of nitrogens with two attached hydrogens (primary N) is 1. The predicted octanol–water partition coefficient (Wildman–Crippen LogP) is 1.68. The second-order valence-corrected chi connectivity index (χ2v) is 4.74. The molecule has 17 heavy (non-hydrogen) atoms. The van der Waals surface area contributed by atoms with Gasteiger partial charge in [0.1, 0.15) is 0 Å². The van der Waals surface area contributed by atoms with Gasteiger partial charge in [0.2, 0.25) is 0 Å². The van der Waals surface area contributed by atoms with E-state index in [0.717, 1.165) is 19.6 Å². The quantitative estimate of drug-likeness (QED) is 0.533. The summed E-state index contributed by atoms with van der Waals surface area (Å²) < 4.78 is 15.7. The van der Waals surface area contributed by atoms with E-state index < -0.39 is 0 Å². The topological polar surface area (TPSA) is 53.7 Å². The number of hydrogen-bond donors (Lipinski definition) is 1. The van der Waals surface area contributed by atoms with Gasteiger partial charge in [0.25, 0.3) is 0 Å². The minimum atomic E-state index is 0.587. The van der Waals surface area contributed by atoms with Crippen molar-refractivity contribution in [3.63, 3.8) is 0 Å². The first-order chi connectivity index (χ1) is 8.20. The van der Waals surface area contributed by atoms with Crippen molar-refractivity contribution >= 4 is 0 Å². The minimum absolute atomic E-state index is 0.587. The van der Waals surface area contributed by atoms with Crippen LogP contribution in [0.15, 0.2) is 0 Å². The fourth-order valence-corrected chi connectivity index (χ4v) is 1.71. The number of rotatable bonds is 12. The highest BCUT2D eigenvalue weighted by Crippen LogP contribution is 2.13. The monoisotopic (exact) mass is 247 g/mol. The largest absolute Gasteiger partial charge is 0.382 e. The van der Waals surface area contributed by atoms with Crippen molar-refractivity contribution in [2.24, 2.45) is 17.6 Å². The van der Waals surface area contributed by atoms with Crippen molar-refractivity contribution in [3.05, 3.63) is 0 Å². The van der Waals surface area contributed by atoms with Gasteiger partial charge in [-0.3, -0.25) is 0 Å². The molecular weight excluding hydrogens is 218 g/mol. The first-order valence-electron chi connectivity index (χ1n) is 6.55. The molecular formula is C13H29NO3. The highest BCUT2D eigenvalue weighted by atomic mass is 16.5. The number of ether oxygens (including phenoxy) is 3. The van der Waals surface area contributed by atoms with Crippen molar-refractivity contribution in [2.45, 2.75) is 26.7 Å². The van der Waals surface area contributed by atoms with E-state index in [1.54, 1.807) is 7.11 Å². The van der Waals surface area contributed by atoms with Crippen LogP contribution in [-0.4, -0.2) is 46.7 Å². The molecule has 0 saturated carbocycles. The Morgan fingerprint density at radius 1 is 0.941 bits per heavy atom. The highest BCUT2D eigenvalue weighted by Gasteiger charge is 2.08. The Labute approximate surface area is 106 Å². The van der Waals surface area contributed by atoms with E-state index in [1.165, 1.54) is 6.42 Å². The van der Waals surface area contributed by atoms with E-state index in [-0.39, 0.29) is 0 Å². The lowest BCUT2D eigenvalue weighted by atomic mass is 9.95. The molecule has 0 rings (SSSR count). The number of methoxy groups -OCH3 is 1. The van der Waals surface area contributed by atoms with Crippen LogP contribution in [0, 0.1) is 11.8 Å². The summed E-state index contributed by atoms with van der Waals surface area (Å²) in [5.74, 6) is 1.30. The van der Waals surface area contributed by atoms with Gasteiger partial charge in [-0.05, 0) is 31.2 Å². The van der Waals surface area contributed by atoms with Gasteiger partial charge < -0.3 is 19.9 Å². The summed E-state index contributed by atoms with van der Waals surface area (Å²) >= 11 is 0. The molecule has 0 fully saturated rings. The number of hydrogen-bond acceptors (Lipinski definition) is 4. The van der Waals surface area contributed by atoms with Crippen LogP contribution >= 0.6 is 0 Å². The van der Waals surface area contributed by atoms with Gasteiger partial charge in [0, 0.05) is 13.7 Å². The molecule has 0 spiro atoms. The van der Waals surface area contributed by atoms with E-state index >= 15 is 0 Å². The van der Waals surface area contributed by atoms with Gasteiger partial charge >= 0.3 is 0 Å². The molecule has 104 valence electrons. The maximum absolute atomic E-state index is 5.72. The third-order valence-electron chi connectivity index (χ3n) is 2.61. The first kappa shape index (κ1) is 16.8. The summed E-state index contributed by atoms with van der Waals surface area (Å²) in [4.78, 5) is 0. The standard InChI is InChI=1S/C13H29NO3/c1-12(2)10-13(11-14)4-5-16-8-9-17-7-6-15-3/h12-13H,4-11,14H2,1-3H3. The Hall–Kier alpha value is -0.160. The third-order valence-corrected chi connectivity index (χ3v) is 2.61. The van der Waals surface area contributed by atoms with Crippen LogP contribution in [0.25, 0.3) is 0 Å². The van der Waals surface area contributed by atoms with Crippen LogP contribution in [0.3, 0.4) is 0 Å². The molecule has 0 radical (unpaired) electrons. The average Bonchev–Trinajstić information content (AvgIpc) is 2.30. The smallest absolute Gasteiger partial charge is 0.0701 e. The van der Waals surface area contributed by atoms with Crippen LogP contribution in [-0.2, 0) is 14.2 Å². The lowest BCUT2D eigenvalue weighted by Gasteiger charge is -2.16. The second kappa shape index (κ2) is 12.3. The van der Waals surface area contributed by atoms with E-state index in [0.29, 0.717) is 38.3 Å². The molecule has 0 aromatic carbocycles. The van der Waals surface area contributed by atoms with Crippen molar-refractivity contribution < 1.29 is 14.2 Å². The van der Waals surface area contributed by atoms with Crippen LogP contribution in [0.1, 0.15) is 26.7 Å². The van der Waals surface area contributed by atoms with Crippen molar-refractivity contribution in [3.8, 4) is 0 Å². The Morgan fingerprint density at radius 2 is 1.53 bits per heavy atom. The van der Waals surface area contributed by atoms with Crippen LogP contribution < -0.4 is 5.73 Å². The van der Waals surface area contributed by atoms with Crippen molar-refractivity contribution in [1.29, 1.82) is 0 Å². The lowest BCUT2D eigenvalue weighted by molar-refractivity contribution is 0.0215. The fraction of sp³-hybridized carbons (Fsp3) is 1.00. The minimum Gasteiger partial charge on any atom is -0.382 e. The summed E-state index contributed by atoms with van der Waals surface area (Å²) in [6.45, 7) is 8.57. The molecule has 1 unspecified atom stereocenters. The normalized spacial score (nSPS) is 13.2. The molecule has 2 N–H and O–H groups in total. The summed E-state index contributed by atoms with van der Waals surface area (Å²) in [5.41, 5.74) is 5.72. The zero-order valence-electron chi connectivity index (χ0n) is 11.6. The maximum Gasteiger partial charge on any atom is 0.0701 e. The van der Waals surface area contributed by atoms with Gasteiger partial charge in [-0.2, -0.15) is 0 Å². The lowest BCUT2D eigenvalue weighted by Crippen LogP contribution is -2.19. The summed E-state index contributed by atoms with van der Waals surface area (Å²) in [6, 6.07) is 0. The Balaban J connectivity index is 3.25. The Morgan fingerprint density at radius 3 is 2.06 bits per heavy atom. The Bertz CT molecular complexity index is 154. The van der Waals surface area contributed by atoms with Gasteiger partial charge in [-0.25, -0.2) is 0 Å². The average molecular weight is 247 g/mol. The molecule has 0 amide bonds. The zero-order valence-corrected chi connectivity index (χ0v) is 11.6. The molecule has 0 saturated heterocycles. The van der Waals surface area contributed by atoms with Gasteiger partial charge in [-0.1, -0.05) is 13.8 Å². The SMILES string of the molecule is COCCOCCOCCC(CN)CC(C)C. The Kier molecular flexibility index (Phi) is 12.2. The van der Waals surface area contributed by atoms with E-state index in [4.69, 9.17) is 19.9 Å². The molecule has 0 aliphatic carbocycles. The molecule has 0 heterocycles. The van der Waals surface area contributed by atoms with E-state index in [1.807, 2.05) is 0 Å². The highest BCUT2D eigenvalue weighted by molar-refractivity contribution is 4.61. The fourth-order valence-electron chi connectivity index (χ4n) is 1.71. The zero-order chi connectivity index (χ0) is 12.9. The van der Waals surface area contributed by atoms with Crippen LogP contribution in [0.4, 0.5) is 0 Å². The van der Waals surface area contributed by atoms with Gasteiger partial charge in [0.15, 0.2) is 0 Å². The summed E-state index contributed by atoms with van der Waals surface area (Å²) in [5, 5.41) is 0. The predicted molar refractivity (Wildman–Crippen MR) is 70.1 cm³/mol. The van der Waals surface area contributed by atoms with Gasteiger partial charge in [-0.15, -0.1) is 0 Å². The molecule has 0 bridgehead atoms. The van der Waals surface area contributed by atoms with E-state index in [9.17, 15) is 0 Å². The van der Waals surface area contributed by atoms with Gasteiger partial charge in [0.05, 0.1) is 26.4 Å². The molecule has 0 aliphatic rings. The summed E-state index contributed by atoms with van der Waals surface area (Å²) in [6.07, 6.45) is 2.23. The van der Waals surface area contributed by atoms with Crippen LogP contribution in [0.5, 0.6) is 0 Å². The van der Waals surface area contributed by atoms with Crippen LogP contribution in [0.2, 0.25) is 0 Å².